The molecule has 2 aromatic heterocycles. The number of thioether (sulfide) groups is 1. The van der Waals surface area contributed by atoms with E-state index in [0.717, 1.165) is 28.6 Å². The number of hydrogen-bond acceptors (Lipinski definition) is 4. The third kappa shape index (κ3) is 2.54. The Morgan fingerprint density at radius 3 is 2.55 bits per heavy atom. The molecule has 6 nitrogen and oxygen atoms in total. The van der Waals surface area contributed by atoms with Gasteiger partial charge in [0, 0.05) is 12.1 Å². The Labute approximate surface area is 122 Å². The predicted molar refractivity (Wildman–Crippen MR) is 79.3 cm³/mol. The molecular weight excluding hydrogens is 276 g/mol. The van der Waals surface area contributed by atoms with Crippen LogP contribution in [0.4, 0.5) is 0 Å². The van der Waals surface area contributed by atoms with Crippen LogP contribution in [0.5, 0.6) is 0 Å². The fraction of sp³-hybridized carbons (Fsp3) is 0.615. The van der Waals surface area contributed by atoms with Gasteiger partial charge in [0.05, 0.1) is 11.4 Å². The van der Waals surface area contributed by atoms with Crippen LogP contribution in [-0.2, 0) is 16.9 Å². The van der Waals surface area contributed by atoms with Gasteiger partial charge >= 0.3 is 5.97 Å². The highest BCUT2D eigenvalue weighted by atomic mass is 32.2. The van der Waals surface area contributed by atoms with Gasteiger partial charge in [0.2, 0.25) is 0 Å². The number of aryl methyl sites for hydroxylation is 2. The van der Waals surface area contributed by atoms with E-state index in [1.54, 1.807) is 0 Å². The fourth-order valence-corrected chi connectivity index (χ4v) is 3.09. The highest BCUT2D eigenvalue weighted by Crippen LogP contribution is 2.31. The summed E-state index contributed by atoms with van der Waals surface area (Å²) in [6, 6.07) is 0. The molecule has 0 aliphatic heterocycles. The van der Waals surface area contributed by atoms with Crippen molar-refractivity contribution in [3.8, 4) is 0 Å². The Bertz CT molecular complexity index is 651. The van der Waals surface area contributed by atoms with Gasteiger partial charge in [-0.3, -0.25) is 9.36 Å². The summed E-state index contributed by atoms with van der Waals surface area (Å²) in [6.07, 6.45) is 0. The van der Waals surface area contributed by atoms with E-state index in [1.807, 2.05) is 18.5 Å². The van der Waals surface area contributed by atoms with Crippen LogP contribution >= 0.6 is 11.8 Å². The Morgan fingerprint density at radius 1 is 1.40 bits per heavy atom. The summed E-state index contributed by atoms with van der Waals surface area (Å²) in [7, 11) is 0. The molecule has 20 heavy (non-hydrogen) atoms. The summed E-state index contributed by atoms with van der Waals surface area (Å²) in [6.45, 7) is 11.0. The number of carbonyl (C=O) groups is 1. The topological polar surface area (TPSA) is 72.9 Å². The summed E-state index contributed by atoms with van der Waals surface area (Å²) < 4.78 is 4.01. The molecule has 0 aromatic carbocycles. The van der Waals surface area contributed by atoms with Crippen molar-refractivity contribution in [2.45, 2.75) is 51.9 Å². The molecule has 110 valence electrons. The Balaban J connectivity index is 2.65. The molecule has 1 N–H and O–H groups in total. The van der Waals surface area contributed by atoms with Crippen LogP contribution in [0.2, 0.25) is 0 Å². The van der Waals surface area contributed by atoms with Crippen LogP contribution in [0.3, 0.4) is 0 Å². The second kappa shape index (κ2) is 5.12. The zero-order valence-corrected chi connectivity index (χ0v) is 13.3. The summed E-state index contributed by atoms with van der Waals surface area (Å²) in [4.78, 5) is 15.4. The Kier molecular flexibility index (Phi) is 3.82. The normalized spacial score (nSPS) is 12.2. The lowest BCUT2D eigenvalue weighted by molar-refractivity contribution is -0.133. The van der Waals surface area contributed by atoms with E-state index >= 15 is 0 Å². The minimum Gasteiger partial charge on any atom is -0.481 e. The second-order valence-corrected chi connectivity index (χ2v) is 6.60. The van der Waals surface area contributed by atoms with Crippen molar-refractivity contribution in [1.82, 2.24) is 19.3 Å². The first-order chi connectivity index (χ1) is 9.25. The first-order valence-corrected chi connectivity index (χ1v) is 7.55. The van der Waals surface area contributed by atoms with Crippen LogP contribution in [0, 0.1) is 6.92 Å². The molecule has 2 heterocycles. The van der Waals surface area contributed by atoms with Gasteiger partial charge in [0.25, 0.3) is 0 Å². The maximum Gasteiger partial charge on any atom is 0.313 e. The molecule has 0 fully saturated rings. The molecule has 0 bridgehead atoms. The van der Waals surface area contributed by atoms with Crippen molar-refractivity contribution in [2.75, 3.05) is 5.75 Å². The van der Waals surface area contributed by atoms with Gasteiger partial charge in [0.1, 0.15) is 5.52 Å². The van der Waals surface area contributed by atoms with Gasteiger partial charge in [-0.15, -0.1) is 0 Å². The minimum absolute atomic E-state index is 0.00822. The molecule has 0 saturated heterocycles. The van der Waals surface area contributed by atoms with Crippen LogP contribution in [0.1, 0.15) is 33.4 Å². The van der Waals surface area contributed by atoms with E-state index in [0.29, 0.717) is 0 Å². The molecule has 0 spiro atoms. The molecule has 0 radical (unpaired) electrons. The van der Waals surface area contributed by atoms with Crippen molar-refractivity contribution in [3.05, 3.63) is 5.69 Å². The maximum atomic E-state index is 10.8. The van der Waals surface area contributed by atoms with E-state index in [1.165, 1.54) is 11.8 Å². The minimum atomic E-state index is -0.837. The third-order valence-corrected chi connectivity index (χ3v) is 3.90. The number of carboxylic acids is 1. The average molecular weight is 296 g/mol. The first kappa shape index (κ1) is 14.9. The first-order valence-electron chi connectivity index (χ1n) is 6.56. The van der Waals surface area contributed by atoms with E-state index in [4.69, 9.17) is 5.11 Å². The molecule has 0 unspecified atom stereocenters. The summed E-state index contributed by atoms with van der Waals surface area (Å²) in [5, 5.41) is 14.1. The van der Waals surface area contributed by atoms with Crippen molar-refractivity contribution in [2.24, 2.45) is 0 Å². The van der Waals surface area contributed by atoms with E-state index < -0.39 is 5.97 Å². The number of hydrogen-bond donors (Lipinski definition) is 1. The van der Waals surface area contributed by atoms with Crippen LogP contribution < -0.4 is 0 Å². The Hall–Kier alpha value is -1.50. The quantitative estimate of drug-likeness (QED) is 0.878. The molecule has 2 aromatic rings. The van der Waals surface area contributed by atoms with Gasteiger partial charge in [-0.2, -0.15) is 5.10 Å². The maximum absolute atomic E-state index is 10.8. The smallest absolute Gasteiger partial charge is 0.313 e. The van der Waals surface area contributed by atoms with Gasteiger partial charge in [-0.25, -0.2) is 9.67 Å². The summed E-state index contributed by atoms with van der Waals surface area (Å²) >= 11 is 1.25. The predicted octanol–water partition coefficient (Wildman–Crippen LogP) is 2.49. The monoisotopic (exact) mass is 296 g/mol. The zero-order chi connectivity index (χ0) is 15.1. The van der Waals surface area contributed by atoms with E-state index in [-0.39, 0.29) is 11.3 Å². The lowest BCUT2D eigenvalue weighted by Gasteiger charge is -2.24. The molecule has 2 rings (SSSR count). The Morgan fingerprint density at radius 2 is 2.05 bits per heavy atom. The molecule has 0 aliphatic rings. The number of aromatic nitrogens is 4. The number of carboxylic acid groups (broad SMARTS) is 1. The van der Waals surface area contributed by atoms with Crippen molar-refractivity contribution in [3.63, 3.8) is 0 Å². The molecule has 0 aliphatic carbocycles. The van der Waals surface area contributed by atoms with Crippen LogP contribution in [0.25, 0.3) is 11.2 Å². The highest BCUT2D eigenvalue weighted by Gasteiger charge is 2.26. The lowest BCUT2D eigenvalue weighted by atomic mass is 10.1. The molecular formula is C13H20N4O2S. The largest absolute Gasteiger partial charge is 0.481 e. The van der Waals surface area contributed by atoms with Gasteiger partial charge in [-0.05, 0) is 34.6 Å². The number of imidazole rings is 1. The van der Waals surface area contributed by atoms with Crippen LogP contribution in [0.15, 0.2) is 5.16 Å². The zero-order valence-electron chi connectivity index (χ0n) is 12.5. The number of fused-ring (bicyclic) bond motifs is 1. The summed E-state index contributed by atoms with van der Waals surface area (Å²) in [5.74, 6) is -0.828. The fourth-order valence-electron chi connectivity index (χ4n) is 2.20. The number of aliphatic carboxylic acids is 1. The van der Waals surface area contributed by atoms with Gasteiger partial charge in [-0.1, -0.05) is 11.8 Å². The van der Waals surface area contributed by atoms with E-state index in [2.05, 4.69) is 35.4 Å². The molecule has 0 atom stereocenters. The van der Waals surface area contributed by atoms with Crippen LogP contribution in [-0.4, -0.2) is 36.2 Å². The van der Waals surface area contributed by atoms with Crippen molar-refractivity contribution >= 4 is 28.9 Å². The molecule has 0 amide bonds. The SMILES string of the molecule is CCn1nc(C)c2nc(SCC(=O)O)n(C(C)(C)C)c21. The van der Waals surface area contributed by atoms with Crippen molar-refractivity contribution < 1.29 is 9.90 Å². The average Bonchev–Trinajstić information content (AvgIpc) is 2.83. The lowest BCUT2D eigenvalue weighted by Crippen LogP contribution is -2.24. The number of rotatable bonds is 4. The standard InChI is InChI=1S/C13H20N4O2S/c1-6-16-11-10(8(2)15-16)14-12(20-7-9(18)19)17(11)13(3,4)5/h6-7H2,1-5H3,(H,18,19). The van der Waals surface area contributed by atoms with Crippen molar-refractivity contribution in [1.29, 1.82) is 0 Å². The highest BCUT2D eigenvalue weighted by molar-refractivity contribution is 7.99. The second-order valence-electron chi connectivity index (χ2n) is 5.66. The van der Waals surface area contributed by atoms with Gasteiger partial charge in [0.15, 0.2) is 10.8 Å². The summed E-state index contributed by atoms with van der Waals surface area (Å²) in [5.41, 5.74) is 2.51. The number of nitrogens with zero attached hydrogens (tertiary/aromatic N) is 4. The van der Waals surface area contributed by atoms with E-state index in [9.17, 15) is 4.79 Å². The molecule has 7 heteroatoms. The molecule has 0 saturated carbocycles. The van der Waals surface area contributed by atoms with Gasteiger partial charge < -0.3 is 5.11 Å². The third-order valence-electron chi connectivity index (χ3n) is 2.98.